The summed E-state index contributed by atoms with van der Waals surface area (Å²) in [6.45, 7) is 7.30. The van der Waals surface area contributed by atoms with Gasteiger partial charge in [-0.2, -0.15) is 0 Å². The highest BCUT2D eigenvalue weighted by atomic mass is 28.1. The summed E-state index contributed by atoms with van der Waals surface area (Å²) in [4.78, 5) is 11.7. The Balaban J connectivity index is 2.59. The number of aryl methyl sites for hydroxylation is 3. The van der Waals surface area contributed by atoms with Gasteiger partial charge in [0.2, 0.25) is 0 Å². The van der Waals surface area contributed by atoms with Crippen LogP contribution in [0, 0.1) is 32.4 Å². The SMILES string of the molecule is CCOC(=O)CC([Si])c1c(F)c(C)cc(-c2c(C)cccc2C)c1F. The maximum Gasteiger partial charge on any atom is 0.306 e. The molecule has 131 valence electrons. The molecular weight excluding hydrogens is 338 g/mol. The number of carbonyl (C=O) groups excluding carboxylic acids is 1. The summed E-state index contributed by atoms with van der Waals surface area (Å²) in [6.07, 6.45) is -0.145. The lowest BCUT2D eigenvalue weighted by Crippen LogP contribution is -2.14. The van der Waals surface area contributed by atoms with Gasteiger partial charge in [-0.15, -0.1) is 0 Å². The topological polar surface area (TPSA) is 26.3 Å². The number of halogens is 2. The van der Waals surface area contributed by atoms with E-state index in [0.29, 0.717) is 11.1 Å². The number of carbonyl (C=O) groups is 1. The Morgan fingerprint density at radius 2 is 1.72 bits per heavy atom. The van der Waals surface area contributed by atoms with Crippen LogP contribution in [0.5, 0.6) is 0 Å². The number of hydrogen-bond acceptors (Lipinski definition) is 2. The molecule has 1 unspecified atom stereocenters. The van der Waals surface area contributed by atoms with Crippen LogP contribution in [0.3, 0.4) is 0 Å². The zero-order valence-electron chi connectivity index (χ0n) is 14.9. The van der Waals surface area contributed by atoms with Crippen LogP contribution in [0.1, 0.15) is 41.1 Å². The molecular formula is C20H21F2O2Si. The van der Waals surface area contributed by atoms with E-state index in [2.05, 4.69) is 10.2 Å². The lowest BCUT2D eigenvalue weighted by Gasteiger charge is -2.19. The second-order valence-electron chi connectivity index (χ2n) is 6.11. The molecule has 0 saturated carbocycles. The fourth-order valence-corrected chi connectivity index (χ4v) is 3.43. The van der Waals surface area contributed by atoms with Gasteiger partial charge in [-0.3, -0.25) is 4.79 Å². The molecule has 2 aromatic carbocycles. The molecule has 0 saturated heterocycles. The van der Waals surface area contributed by atoms with E-state index in [0.717, 1.165) is 16.7 Å². The van der Waals surface area contributed by atoms with Crippen LogP contribution in [0.25, 0.3) is 11.1 Å². The second kappa shape index (κ2) is 7.91. The van der Waals surface area contributed by atoms with Gasteiger partial charge in [0.05, 0.1) is 6.61 Å². The number of benzene rings is 2. The first-order chi connectivity index (χ1) is 11.8. The van der Waals surface area contributed by atoms with Crippen molar-refractivity contribution in [3.63, 3.8) is 0 Å². The quantitative estimate of drug-likeness (QED) is 0.570. The summed E-state index contributed by atoms with van der Waals surface area (Å²) in [7, 11) is 3.31. The minimum absolute atomic E-state index is 0.137. The van der Waals surface area contributed by atoms with E-state index in [-0.39, 0.29) is 18.6 Å². The highest BCUT2D eigenvalue weighted by Crippen LogP contribution is 2.36. The smallest absolute Gasteiger partial charge is 0.306 e. The molecule has 0 aliphatic rings. The monoisotopic (exact) mass is 359 g/mol. The first-order valence-electron chi connectivity index (χ1n) is 8.19. The highest BCUT2D eigenvalue weighted by Gasteiger charge is 2.25. The highest BCUT2D eigenvalue weighted by molar-refractivity contribution is 6.13. The lowest BCUT2D eigenvalue weighted by molar-refractivity contribution is -0.143. The summed E-state index contributed by atoms with van der Waals surface area (Å²) >= 11 is 0. The molecule has 25 heavy (non-hydrogen) atoms. The van der Waals surface area contributed by atoms with Crippen molar-refractivity contribution < 1.29 is 18.3 Å². The molecule has 0 heterocycles. The average Bonchev–Trinajstić information content (AvgIpc) is 2.52. The second-order valence-corrected chi connectivity index (χ2v) is 6.81. The molecule has 0 spiro atoms. The Labute approximate surface area is 150 Å². The molecule has 0 aromatic heterocycles. The van der Waals surface area contributed by atoms with Crippen molar-refractivity contribution in [2.45, 2.75) is 39.7 Å². The van der Waals surface area contributed by atoms with Crippen LogP contribution in [-0.2, 0) is 9.53 Å². The van der Waals surface area contributed by atoms with Gasteiger partial charge in [0, 0.05) is 27.8 Å². The van der Waals surface area contributed by atoms with Crippen molar-refractivity contribution in [3.05, 3.63) is 58.2 Å². The Hall–Kier alpha value is -2.01. The molecule has 5 heteroatoms. The normalized spacial score (nSPS) is 12.1. The van der Waals surface area contributed by atoms with Gasteiger partial charge >= 0.3 is 5.97 Å². The minimum atomic E-state index is -0.804. The molecule has 3 radical (unpaired) electrons. The van der Waals surface area contributed by atoms with E-state index >= 15 is 4.39 Å². The summed E-state index contributed by atoms with van der Waals surface area (Å²) in [5, 5.41) is 0. The van der Waals surface area contributed by atoms with Crippen LogP contribution >= 0.6 is 0 Å². The van der Waals surface area contributed by atoms with E-state index in [1.807, 2.05) is 32.0 Å². The van der Waals surface area contributed by atoms with Crippen molar-refractivity contribution in [1.29, 1.82) is 0 Å². The van der Waals surface area contributed by atoms with Gasteiger partial charge in [0.15, 0.2) is 0 Å². The van der Waals surface area contributed by atoms with Gasteiger partial charge in [-0.25, -0.2) is 8.78 Å². The van der Waals surface area contributed by atoms with Gasteiger partial charge in [-0.1, -0.05) is 18.2 Å². The third-order valence-corrected chi connectivity index (χ3v) is 4.68. The largest absolute Gasteiger partial charge is 0.466 e. The Bertz CT molecular complexity index is 783. The lowest BCUT2D eigenvalue weighted by atomic mass is 9.91. The zero-order valence-corrected chi connectivity index (χ0v) is 15.9. The predicted octanol–water partition coefficient (Wildman–Crippen LogP) is 4.72. The van der Waals surface area contributed by atoms with E-state index < -0.39 is 23.1 Å². The van der Waals surface area contributed by atoms with Crippen LogP contribution in [0.15, 0.2) is 24.3 Å². The van der Waals surface area contributed by atoms with Crippen LogP contribution in [-0.4, -0.2) is 22.8 Å². The number of esters is 1. The fraction of sp³-hybridized carbons (Fsp3) is 0.350. The molecule has 2 aromatic rings. The number of rotatable bonds is 5. The molecule has 0 bridgehead atoms. The molecule has 1 atom stereocenters. The van der Waals surface area contributed by atoms with Crippen molar-refractivity contribution in [2.75, 3.05) is 6.61 Å². The number of hydrogen-bond donors (Lipinski definition) is 0. The van der Waals surface area contributed by atoms with E-state index in [4.69, 9.17) is 4.74 Å². The molecule has 0 aliphatic carbocycles. The van der Waals surface area contributed by atoms with Crippen molar-refractivity contribution in [1.82, 2.24) is 0 Å². The zero-order chi connectivity index (χ0) is 18.7. The Morgan fingerprint density at radius 3 is 2.28 bits per heavy atom. The fourth-order valence-electron chi connectivity index (χ4n) is 3.01. The van der Waals surface area contributed by atoms with Crippen molar-refractivity contribution in [3.8, 4) is 11.1 Å². The van der Waals surface area contributed by atoms with Gasteiger partial charge in [0.25, 0.3) is 0 Å². The molecule has 2 rings (SSSR count). The standard InChI is InChI=1S/C20H21F2O2Si/c1-5-24-16(23)10-15(25)18-19(21)13(4)9-14(20(18)22)17-11(2)7-6-8-12(17)3/h6-9,15H,5,10H2,1-4H3. The van der Waals surface area contributed by atoms with E-state index in [1.54, 1.807) is 13.8 Å². The summed E-state index contributed by atoms with van der Waals surface area (Å²) in [5.41, 5.74) is 2.31. The Morgan fingerprint density at radius 1 is 1.12 bits per heavy atom. The molecule has 0 aliphatic heterocycles. The van der Waals surface area contributed by atoms with Gasteiger partial charge < -0.3 is 4.74 Å². The van der Waals surface area contributed by atoms with Crippen LogP contribution in [0.4, 0.5) is 8.78 Å². The summed E-state index contributed by atoms with van der Waals surface area (Å²) in [5.74, 6) is -1.79. The maximum absolute atomic E-state index is 15.2. The van der Waals surface area contributed by atoms with Crippen LogP contribution < -0.4 is 0 Å². The van der Waals surface area contributed by atoms with Crippen molar-refractivity contribution >= 4 is 16.2 Å². The van der Waals surface area contributed by atoms with Crippen molar-refractivity contribution in [2.24, 2.45) is 0 Å². The predicted molar refractivity (Wildman–Crippen MR) is 95.8 cm³/mol. The Kier molecular flexibility index (Phi) is 6.11. The first-order valence-corrected chi connectivity index (χ1v) is 8.77. The van der Waals surface area contributed by atoms with Crippen LogP contribution in [0.2, 0.25) is 0 Å². The average molecular weight is 359 g/mol. The maximum atomic E-state index is 15.2. The molecule has 0 amide bonds. The number of ether oxygens (including phenoxy) is 1. The summed E-state index contributed by atoms with van der Waals surface area (Å²) in [6, 6.07) is 7.21. The van der Waals surface area contributed by atoms with Gasteiger partial charge in [0.1, 0.15) is 11.6 Å². The van der Waals surface area contributed by atoms with Gasteiger partial charge in [-0.05, 0) is 61.6 Å². The molecule has 0 N–H and O–H groups in total. The van der Waals surface area contributed by atoms with E-state index in [1.165, 1.54) is 6.07 Å². The third kappa shape index (κ3) is 3.98. The third-order valence-electron chi connectivity index (χ3n) is 4.19. The summed E-state index contributed by atoms with van der Waals surface area (Å²) < 4.78 is 34.7. The van der Waals surface area contributed by atoms with E-state index in [9.17, 15) is 9.18 Å². The first kappa shape index (κ1) is 19.3. The molecule has 2 nitrogen and oxygen atoms in total. The molecule has 0 fully saturated rings. The minimum Gasteiger partial charge on any atom is -0.466 e.